The van der Waals surface area contributed by atoms with Crippen LogP contribution in [0.3, 0.4) is 0 Å². The monoisotopic (exact) mass is 1100 g/mol. The maximum Gasteiger partial charge on any atom is 0.435 e. The molecule has 2 atom stereocenters. The van der Waals surface area contributed by atoms with Crippen LogP contribution in [0.15, 0.2) is 63.5 Å². The molecule has 4 aromatic heterocycles. The van der Waals surface area contributed by atoms with Gasteiger partial charge in [-0.1, -0.05) is 28.5 Å². The van der Waals surface area contributed by atoms with Crippen molar-refractivity contribution in [3.05, 3.63) is 97.4 Å². The molecule has 0 spiro atoms. The van der Waals surface area contributed by atoms with Crippen molar-refractivity contribution in [2.45, 2.75) is 102 Å². The number of piperidine rings is 2. The molecule has 0 radical (unpaired) electrons. The van der Waals surface area contributed by atoms with Crippen LogP contribution >= 0.6 is 22.7 Å². The minimum atomic E-state index is -4.55. The summed E-state index contributed by atoms with van der Waals surface area (Å²) >= 11 is 3.02. The molecule has 3 fully saturated rings. The molecule has 0 saturated carbocycles. The highest BCUT2D eigenvalue weighted by Gasteiger charge is 2.38. The molecule has 27 heteroatoms. The molecule has 19 nitrogen and oxygen atoms in total. The van der Waals surface area contributed by atoms with Crippen LogP contribution in [0, 0.1) is 13.8 Å². The van der Waals surface area contributed by atoms with Gasteiger partial charge < -0.3 is 34.0 Å². The van der Waals surface area contributed by atoms with E-state index in [-0.39, 0.29) is 54.2 Å². The fourth-order valence-electron chi connectivity index (χ4n) is 9.35. The molecule has 76 heavy (non-hydrogen) atoms. The Balaban J connectivity index is 0.000000186. The number of rotatable bonds is 11. The Morgan fingerprint density at radius 2 is 1.09 bits per heavy atom. The van der Waals surface area contributed by atoms with Gasteiger partial charge in [0.15, 0.2) is 11.4 Å². The second-order valence-corrected chi connectivity index (χ2v) is 20.7. The molecule has 5 aliphatic rings. The number of anilines is 1. The van der Waals surface area contributed by atoms with E-state index in [4.69, 9.17) is 24.4 Å². The number of halogens is 6. The van der Waals surface area contributed by atoms with E-state index < -0.39 is 35.9 Å². The number of likely N-dealkylation sites (N-methyl/N-ethyl adjacent to an activating group) is 1. The molecule has 0 bridgehead atoms. The van der Waals surface area contributed by atoms with Gasteiger partial charge in [-0.05, 0) is 63.8 Å². The summed E-state index contributed by atoms with van der Waals surface area (Å²) in [5, 5.41) is 21.0. The third-order valence-electron chi connectivity index (χ3n) is 13.8. The van der Waals surface area contributed by atoms with E-state index in [1.807, 2.05) is 41.1 Å². The number of aryl methyl sites for hydroxylation is 2. The SMILES string of the molecule is Cc1cc(C(F)(F)F)nn1CC(=O)N1CCC(c2nc(C3=NOC(C(=O)N(C)c4ccccc4)C3)cs2)CC1.Cc1cc(C(F)(F)F)nn1CC(=O)N1CCC(c2nc(C3=NOC(C(=O)N4CCOCC4)C3)cs2)CC1. The number of likely N-dealkylation sites (tertiary alicyclic amines) is 2. The van der Waals surface area contributed by atoms with Gasteiger partial charge in [0.25, 0.3) is 11.8 Å². The Kier molecular flexibility index (Phi) is 16.3. The molecular formula is C49H54F6N12O7S2. The number of benzene rings is 1. The summed E-state index contributed by atoms with van der Waals surface area (Å²) < 4.78 is 85.0. The molecule has 5 aromatic rings. The summed E-state index contributed by atoms with van der Waals surface area (Å²) in [4.78, 5) is 77.9. The highest BCUT2D eigenvalue weighted by Crippen LogP contribution is 2.35. The van der Waals surface area contributed by atoms with Crippen LogP contribution in [0.4, 0.5) is 32.0 Å². The van der Waals surface area contributed by atoms with Gasteiger partial charge in [-0.2, -0.15) is 36.5 Å². The molecule has 3 saturated heterocycles. The summed E-state index contributed by atoms with van der Waals surface area (Å²) in [6, 6.07) is 11.2. The van der Waals surface area contributed by atoms with E-state index in [9.17, 15) is 45.5 Å². The molecule has 0 aliphatic carbocycles. The van der Waals surface area contributed by atoms with E-state index >= 15 is 0 Å². The van der Waals surface area contributed by atoms with Gasteiger partial charge in [0.1, 0.15) is 24.5 Å². The second-order valence-electron chi connectivity index (χ2n) is 18.9. The number of carbonyl (C=O) groups is 4. The van der Waals surface area contributed by atoms with Gasteiger partial charge in [0.2, 0.25) is 24.0 Å². The Morgan fingerprint density at radius 1 is 0.645 bits per heavy atom. The number of ether oxygens (including phenoxy) is 1. The zero-order chi connectivity index (χ0) is 53.9. The first-order valence-corrected chi connectivity index (χ1v) is 26.4. The smallest absolute Gasteiger partial charge is 0.382 e. The van der Waals surface area contributed by atoms with Crippen molar-refractivity contribution in [2.24, 2.45) is 10.3 Å². The Labute approximate surface area is 440 Å². The average molecular weight is 1100 g/mol. The van der Waals surface area contributed by atoms with Gasteiger partial charge in [0.05, 0.1) is 34.6 Å². The first kappa shape index (κ1) is 54.1. The number of thiazole rings is 2. The molecule has 4 amide bonds. The standard InChI is InChI=1S/C26H27F3N6O3S.C23H27F3N6O4S/c1-16-12-22(26(27,28)29)31-35(16)14-23(36)34-10-8-17(9-11-34)24-30-20(15-39-24)19-13-21(38-32-19)25(37)33(2)18-6-4-3-5-7-18;1-14-10-19(23(24,25)26)28-32(14)12-20(33)30-4-2-15(3-5-30)21-27-17(13-37-21)16-11-18(36-29-16)22(34)31-6-8-35-9-7-31/h3-7,12,15,17,21H,8-11,13-14H2,1-2H3;10,13,15,18H,2-9,11-12H2,1H3. The lowest BCUT2D eigenvalue weighted by atomic mass is 9.97. The van der Waals surface area contributed by atoms with Crippen LogP contribution < -0.4 is 4.90 Å². The number of carbonyl (C=O) groups excluding carboxylic acids is 4. The van der Waals surface area contributed by atoms with E-state index in [1.54, 1.807) is 26.6 Å². The van der Waals surface area contributed by atoms with E-state index in [1.165, 1.54) is 36.5 Å². The molecule has 5 aliphatic heterocycles. The molecule has 0 N–H and O–H groups in total. The van der Waals surface area contributed by atoms with Gasteiger partial charge in [0, 0.05) is 98.8 Å². The highest BCUT2D eigenvalue weighted by molar-refractivity contribution is 7.10. The zero-order valence-corrected chi connectivity index (χ0v) is 43.3. The predicted molar refractivity (Wildman–Crippen MR) is 265 cm³/mol. The van der Waals surface area contributed by atoms with Gasteiger partial charge >= 0.3 is 12.4 Å². The molecule has 406 valence electrons. The van der Waals surface area contributed by atoms with Crippen LogP contribution in [0.25, 0.3) is 0 Å². The lowest BCUT2D eigenvalue weighted by Gasteiger charge is -2.31. The summed E-state index contributed by atoms with van der Waals surface area (Å²) in [7, 11) is 1.70. The number of hydrogen-bond donors (Lipinski definition) is 0. The normalized spacial score (nSPS) is 19.6. The van der Waals surface area contributed by atoms with Crippen LogP contribution in [0.1, 0.15) is 94.5 Å². The van der Waals surface area contributed by atoms with E-state index in [0.717, 1.165) is 37.2 Å². The van der Waals surface area contributed by atoms with Crippen molar-refractivity contribution in [3.63, 3.8) is 0 Å². The highest BCUT2D eigenvalue weighted by atomic mass is 32.1. The van der Waals surface area contributed by atoms with Crippen LogP contribution in [0.5, 0.6) is 0 Å². The third-order valence-corrected chi connectivity index (χ3v) is 15.8. The number of morpholine rings is 1. The average Bonchev–Trinajstić information content (AvgIpc) is 4.29. The Bertz CT molecular complexity index is 2950. The van der Waals surface area contributed by atoms with Crippen molar-refractivity contribution in [1.82, 2.24) is 44.2 Å². The molecular weight excluding hydrogens is 1050 g/mol. The topological polar surface area (TPSA) is 195 Å². The number of alkyl halides is 6. The fourth-order valence-corrected chi connectivity index (χ4v) is 11.3. The first-order chi connectivity index (χ1) is 36.3. The van der Waals surface area contributed by atoms with Crippen molar-refractivity contribution in [1.29, 1.82) is 0 Å². The number of hydrogen-bond acceptors (Lipinski definition) is 15. The van der Waals surface area contributed by atoms with E-state index in [2.05, 4.69) is 20.5 Å². The molecule has 2 unspecified atom stereocenters. The van der Waals surface area contributed by atoms with Crippen molar-refractivity contribution in [3.8, 4) is 0 Å². The van der Waals surface area contributed by atoms with Crippen LogP contribution in [-0.2, 0) is 59.0 Å². The zero-order valence-electron chi connectivity index (χ0n) is 41.6. The lowest BCUT2D eigenvalue weighted by molar-refractivity contribution is -0.146. The number of nitrogens with zero attached hydrogens (tertiary/aromatic N) is 12. The number of aromatic nitrogens is 6. The Hall–Kier alpha value is -6.74. The second kappa shape index (κ2) is 22.8. The van der Waals surface area contributed by atoms with Crippen molar-refractivity contribution >= 4 is 63.4 Å². The van der Waals surface area contributed by atoms with Crippen molar-refractivity contribution < 1.29 is 59.9 Å². The lowest BCUT2D eigenvalue weighted by Crippen LogP contribution is -2.45. The van der Waals surface area contributed by atoms with Crippen LogP contribution in [-0.4, -0.2) is 151 Å². The quantitative estimate of drug-likeness (QED) is 0.129. The third kappa shape index (κ3) is 12.6. The van der Waals surface area contributed by atoms with Crippen molar-refractivity contribution in [2.75, 3.05) is 64.4 Å². The van der Waals surface area contributed by atoms with Gasteiger partial charge in [-0.3, -0.25) is 28.5 Å². The Morgan fingerprint density at radius 3 is 1.54 bits per heavy atom. The fraction of sp³-hybridized carbons (Fsp3) is 0.510. The van der Waals surface area contributed by atoms with Gasteiger partial charge in [-0.15, -0.1) is 22.7 Å². The number of oxime groups is 2. The maximum atomic E-state index is 12.9. The number of amides is 4. The number of para-hydroxylation sites is 1. The first-order valence-electron chi connectivity index (χ1n) is 24.6. The maximum absolute atomic E-state index is 12.9. The minimum Gasteiger partial charge on any atom is -0.382 e. The molecule has 9 heterocycles. The summed E-state index contributed by atoms with van der Waals surface area (Å²) in [5.41, 5.74) is 2.01. The van der Waals surface area contributed by atoms with E-state index in [0.29, 0.717) is 120 Å². The summed E-state index contributed by atoms with van der Waals surface area (Å²) in [6.07, 6.45) is -6.96. The predicted octanol–water partition coefficient (Wildman–Crippen LogP) is 6.65. The summed E-state index contributed by atoms with van der Waals surface area (Å²) in [6.45, 7) is 6.64. The molecule has 1 aromatic carbocycles. The largest absolute Gasteiger partial charge is 0.435 e. The molecule has 10 rings (SSSR count). The summed E-state index contributed by atoms with van der Waals surface area (Å²) in [5.74, 6) is -0.476. The van der Waals surface area contributed by atoms with Gasteiger partial charge in [-0.25, -0.2) is 9.97 Å². The van der Waals surface area contributed by atoms with Crippen LogP contribution in [0.2, 0.25) is 0 Å². The minimum absolute atomic E-state index is 0.0884.